The second kappa shape index (κ2) is 5.68. The lowest BCUT2D eigenvalue weighted by Crippen LogP contribution is -2.31. The van der Waals surface area contributed by atoms with E-state index in [1.54, 1.807) is 24.3 Å². The summed E-state index contributed by atoms with van der Waals surface area (Å²) in [4.78, 5) is 37.0. The van der Waals surface area contributed by atoms with E-state index in [0.717, 1.165) is 19.3 Å². The minimum Gasteiger partial charge on any atom is -0.356 e. The van der Waals surface area contributed by atoms with Crippen molar-refractivity contribution in [2.45, 2.75) is 25.7 Å². The minimum absolute atomic E-state index is 0.135. The van der Waals surface area contributed by atoms with Crippen LogP contribution in [-0.4, -0.2) is 35.7 Å². The third-order valence-corrected chi connectivity index (χ3v) is 3.93. The molecule has 1 saturated carbocycles. The number of nitrogens with one attached hydrogen (secondary N) is 1. The molecular weight excluding hydrogens is 268 g/mol. The lowest BCUT2D eigenvalue weighted by Gasteiger charge is -2.13. The molecule has 0 atom stereocenters. The van der Waals surface area contributed by atoms with Crippen molar-refractivity contribution in [1.82, 2.24) is 10.2 Å². The van der Waals surface area contributed by atoms with E-state index < -0.39 is 0 Å². The van der Waals surface area contributed by atoms with Gasteiger partial charge in [0.15, 0.2) is 0 Å². The Morgan fingerprint density at radius 3 is 2.29 bits per heavy atom. The van der Waals surface area contributed by atoms with Crippen molar-refractivity contribution in [2.24, 2.45) is 5.92 Å². The fourth-order valence-corrected chi connectivity index (χ4v) is 2.54. The molecule has 1 fully saturated rings. The number of unbranched alkanes of at least 4 members (excludes halogenated alkanes) is 1. The van der Waals surface area contributed by atoms with E-state index in [-0.39, 0.29) is 23.6 Å². The first-order valence-corrected chi connectivity index (χ1v) is 7.41. The maximum absolute atomic E-state index is 12.1. The molecule has 0 bridgehead atoms. The van der Waals surface area contributed by atoms with Crippen LogP contribution in [0.4, 0.5) is 0 Å². The highest BCUT2D eigenvalue weighted by Gasteiger charge is 2.34. The topological polar surface area (TPSA) is 66.5 Å². The Morgan fingerprint density at radius 1 is 1.10 bits per heavy atom. The Morgan fingerprint density at radius 2 is 1.71 bits per heavy atom. The number of carbonyl (C=O) groups excluding carboxylic acids is 3. The quantitative estimate of drug-likeness (QED) is 0.638. The number of fused-ring (bicyclic) bond motifs is 1. The van der Waals surface area contributed by atoms with Crippen molar-refractivity contribution in [1.29, 1.82) is 0 Å². The van der Waals surface area contributed by atoms with Gasteiger partial charge in [0.25, 0.3) is 11.8 Å². The van der Waals surface area contributed by atoms with Crippen LogP contribution in [-0.2, 0) is 4.79 Å². The molecule has 0 unspecified atom stereocenters. The van der Waals surface area contributed by atoms with Crippen LogP contribution in [0.5, 0.6) is 0 Å². The SMILES string of the molecule is O=C(NCCCCN1C(=O)c2ccccc2C1=O)C1CC1. The summed E-state index contributed by atoms with van der Waals surface area (Å²) in [6, 6.07) is 6.90. The van der Waals surface area contributed by atoms with Gasteiger partial charge in [0, 0.05) is 19.0 Å². The Bertz CT molecular complexity index is 558. The van der Waals surface area contributed by atoms with Gasteiger partial charge >= 0.3 is 0 Å². The van der Waals surface area contributed by atoms with Gasteiger partial charge in [-0.25, -0.2) is 0 Å². The maximum atomic E-state index is 12.1. The summed E-state index contributed by atoms with van der Waals surface area (Å²) in [5.74, 6) is -0.0628. The zero-order valence-corrected chi connectivity index (χ0v) is 11.8. The van der Waals surface area contributed by atoms with Crippen LogP contribution in [0, 0.1) is 5.92 Å². The summed E-state index contributed by atoms with van der Waals surface area (Å²) < 4.78 is 0. The van der Waals surface area contributed by atoms with Crippen LogP contribution < -0.4 is 5.32 Å². The molecule has 1 aliphatic carbocycles. The number of rotatable bonds is 6. The lowest BCUT2D eigenvalue weighted by molar-refractivity contribution is -0.122. The van der Waals surface area contributed by atoms with Gasteiger partial charge in [-0.3, -0.25) is 19.3 Å². The van der Waals surface area contributed by atoms with E-state index in [9.17, 15) is 14.4 Å². The highest BCUT2D eigenvalue weighted by molar-refractivity contribution is 6.21. The summed E-state index contributed by atoms with van der Waals surface area (Å²) >= 11 is 0. The fourth-order valence-electron chi connectivity index (χ4n) is 2.54. The molecule has 1 aliphatic heterocycles. The Kier molecular flexibility index (Phi) is 3.73. The van der Waals surface area contributed by atoms with Crippen LogP contribution in [0.1, 0.15) is 46.4 Å². The second-order valence-electron chi connectivity index (χ2n) is 5.58. The molecule has 5 heteroatoms. The van der Waals surface area contributed by atoms with Crippen LogP contribution in [0.15, 0.2) is 24.3 Å². The molecule has 0 aromatic heterocycles. The van der Waals surface area contributed by atoms with Crippen molar-refractivity contribution in [3.05, 3.63) is 35.4 Å². The van der Waals surface area contributed by atoms with Gasteiger partial charge in [-0.05, 0) is 37.8 Å². The molecule has 1 aromatic carbocycles. The van der Waals surface area contributed by atoms with Crippen LogP contribution in [0.25, 0.3) is 0 Å². The van der Waals surface area contributed by atoms with E-state index in [2.05, 4.69) is 5.32 Å². The summed E-state index contributed by atoms with van der Waals surface area (Å²) in [7, 11) is 0. The van der Waals surface area contributed by atoms with Crippen LogP contribution in [0.2, 0.25) is 0 Å². The first-order chi connectivity index (χ1) is 10.2. The number of amides is 3. The summed E-state index contributed by atoms with van der Waals surface area (Å²) in [6.45, 7) is 1.02. The van der Waals surface area contributed by atoms with E-state index >= 15 is 0 Å². The number of hydrogen-bond acceptors (Lipinski definition) is 3. The van der Waals surface area contributed by atoms with Gasteiger partial charge in [0.1, 0.15) is 0 Å². The molecule has 0 radical (unpaired) electrons. The predicted octanol–water partition coefficient (Wildman–Crippen LogP) is 1.59. The third kappa shape index (κ3) is 2.82. The highest BCUT2D eigenvalue weighted by atomic mass is 16.2. The average Bonchev–Trinajstić information content (AvgIpc) is 3.31. The van der Waals surface area contributed by atoms with Crippen molar-refractivity contribution >= 4 is 17.7 Å². The molecule has 2 aliphatic rings. The van der Waals surface area contributed by atoms with Gasteiger partial charge in [-0.1, -0.05) is 12.1 Å². The largest absolute Gasteiger partial charge is 0.356 e. The number of hydrogen-bond donors (Lipinski definition) is 1. The van der Waals surface area contributed by atoms with Crippen molar-refractivity contribution in [3.63, 3.8) is 0 Å². The standard InChI is InChI=1S/C16H18N2O3/c19-14(11-7-8-11)17-9-3-4-10-18-15(20)12-5-1-2-6-13(12)16(18)21/h1-2,5-6,11H,3-4,7-10H2,(H,17,19). The summed E-state index contributed by atoms with van der Waals surface area (Å²) in [6.07, 6.45) is 3.48. The zero-order chi connectivity index (χ0) is 14.8. The molecule has 3 rings (SSSR count). The molecule has 21 heavy (non-hydrogen) atoms. The van der Waals surface area contributed by atoms with E-state index in [0.29, 0.717) is 30.6 Å². The first-order valence-electron chi connectivity index (χ1n) is 7.41. The van der Waals surface area contributed by atoms with E-state index in [1.807, 2.05) is 0 Å². The Hall–Kier alpha value is -2.17. The van der Waals surface area contributed by atoms with Gasteiger partial charge in [-0.2, -0.15) is 0 Å². The number of benzene rings is 1. The second-order valence-corrected chi connectivity index (χ2v) is 5.58. The first kappa shape index (κ1) is 13.8. The molecule has 1 heterocycles. The van der Waals surface area contributed by atoms with Gasteiger partial charge in [-0.15, -0.1) is 0 Å². The predicted molar refractivity (Wildman–Crippen MR) is 76.8 cm³/mol. The number of imide groups is 1. The van der Waals surface area contributed by atoms with Crippen molar-refractivity contribution < 1.29 is 14.4 Å². The molecule has 1 aromatic rings. The Labute approximate surface area is 123 Å². The number of carbonyl (C=O) groups is 3. The van der Waals surface area contributed by atoms with Crippen LogP contribution >= 0.6 is 0 Å². The average molecular weight is 286 g/mol. The molecule has 0 saturated heterocycles. The maximum Gasteiger partial charge on any atom is 0.261 e. The van der Waals surface area contributed by atoms with E-state index in [4.69, 9.17) is 0 Å². The molecular formula is C16H18N2O3. The summed E-state index contributed by atoms with van der Waals surface area (Å²) in [5.41, 5.74) is 0.981. The normalized spacial score (nSPS) is 17.0. The lowest BCUT2D eigenvalue weighted by atomic mass is 10.1. The van der Waals surface area contributed by atoms with Gasteiger partial charge in [0.05, 0.1) is 11.1 Å². The number of nitrogens with zero attached hydrogens (tertiary/aromatic N) is 1. The third-order valence-electron chi connectivity index (χ3n) is 3.93. The molecule has 5 nitrogen and oxygen atoms in total. The zero-order valence-electron chi connectivity index (χ0n) is 11.8. The van der Waals surface area contributed by atoms with E-state index in [1.165, 1.54) is 4.90 Å². The molecule has 1 N–H and O–H groups in total. The highest BCUT2D eigenvalue weighted by Crippen LogP contribution is 2.28. The monoisotopic (exact) mass is 286 g/mol. The fraction of sp³-hybridized carbons (Fsp3) is 0.438. The Balaban J connectivity index is 1.45. The van der Waals surface area contributed by atoms with Gasteiger partial charge in [0.2, 0.25) is 5.91 Å². The van der Waals surface area contributed by atoms with Crippen molar-refractivity contribution in [3.8, 4) is 0 Å². The minimum atomic E-state index is -0.211. The molecule has 3 amide bonds. The molecule has 0 spiro atoms. The van der Waals surface area contributed by atoms with Crippen molar-refractivity contribution in [2.75, 3.05) is 13.1 Å². The molecule has 110 valence electrons. The van der Waals surface area contributed by atoms with Gasteiger partial charge < -0.3 is 5.32 Å². The smallest absolute Gasteiger partial charge is 0.261 e. The summed E-state index contributed by atoms with van der Waals surface area (Å²) in [5, 5.41) is 2.88. The van der Waals surface area contributed by atoms with Crippen LogP contribution in [0.3, 0.4) is 0 Å².